The summed E-state index contributed by atoms with van der Waals surface area (Å²) in [4.78, 5) is 25.7. The first kappa shape index (κ1) is 30.0. The second-order valence-corrected chi connectivity index (χ2v) is 11.4. The zero-order valence-electron chi connectivity index (χ0n) is 24.6. The van der Waals surface area contributed by atoms with Crippen LogP contribution in [-0.4, -0.2) is 74.5 Å². The van der Waals surface area contributed by atoms with E-state index in [0.29, 0.717) is 70.6 Å². The van der Waals surface area contributed by atoms with Crippen molar-refractivity contribution >= 4 is 52.4 Å². The summed E-state index contributed by atoms with van der Waals surface area (Å²) in [5.74, 6) is 0.377. The summed E-state index contributed by atoms with van der Waals surface area (Å²) in [5, 5.41) is 35.3. The summed E-state index contributed by atoms with van der Waals surface area (Å²) >= 11 is 7.16. The number of amides is 1. The van der Waals surface area contributed by atoms with Crippen molar-refractivity contribution < 1.29 is 9.90 Å². The first-order valence-electron chi connectivity index (χ1n) is 14.0. The molecule has 43 heavy (non-hydrogen) atoms. The molecule has 1 amide bonds. The molecule has 1 saturated heterocycles. The number of hydrogen-bond donors (Lipinski definition) is 6. The molecule has 2 aliphatic rings. The third-order valence-electron chi connectivity index (χ3n) is 8.11. The van der Waals surface area contributed by atoms with Gasteiger partial charge >= 0.3 is 0 Å². The van der Waals surface area contributed by atoms with E-state index >= 15 is 0 Å². The number of pyridine rings is 2. The van der Waals surface area contributed by atoms with E-state index in [4.69, 9.17) is 27.7 Å². The van der Waals surface area contributed by atoms with Crippen molar-refractivity contribution in [3.8, 4) is 11.3 Å². The smallest absolute Gasteiger partial charge is 0.246 e. The molecular weight excluding hydrogens is 566 g/mol. The Hall–Kier alpha value is -4.48. The molecule has 11 nitrogen and oxygen atoms in total. The molecule has 0 bridgehead atoms. The van der Waals surface area contributed by atoms with Gasteiger partial charge in [-0.05, 0) is 57.0 Å². The number of rotatable bonds is 6. The first-order chi connectivity index (χ1) is 20.5. The van der Waals surface area contributed by atoms with Gasteiger partial charge < -0.3 is 36.7 Å². The third-order valence-corrected chi connectivity index (χ3v) is 8.48. The number of hydrogen-bond acceptors (Lipinski definition) is 9. The number of nitrogen functional groups attached to an aromatic ring is 1. The van der Waals surface area contributed by atoms with Crippen LogP contribution in [0.2, 0.25) is 5.02 Å². The van der Waals surface area contributed by atoms with Crippen molar-refractivity contribution in [2.45, 2.75) is 45.9 Å². The van der Waals surface area contributed by atoms with Gasteiger partial charge in [0.25, 0.3) is 0 Å². The third kappa shape index (κ3) is 5.19. The zero-order valence-corrected chi connectivity index (χ0v) is 25.4. The maximum absolute atomic E-state index is 12.5. The number of aryl methyl sites for hydroxylation is 2. The van der Waals surface area contributed by atoms with Crippen LogP contribution in [0.4, 0.5) is 22.9 Å². The number of halogens is 1. The fourth-order valence-corrected chi connectivity index (χ4v) is 6.31. The SMILES string of the molecule is C=CC(=O)N1CC(C)N2C(=N)c3c(Nc4c(C)ccnc4C(C)O)nc(-c4c(C)ccc(N)c4C=N)c(Cl)c3NCC2C1. The average Bonchev–Trinajstić information content (AvgIpc) is 3.12. The van der Waals surface area contributed by atoms with Crippen molar-refractivity contribution in [3.63, 3.8) is 0 Å². The van der Waals surface area contributed by atoms with Crippen molar-refractivity contribution in [1.29, 1.82) is 10.8 Å². The molecule has 7 N–H and O–H groups in total. The summed E-state index contributed by atoms with van der Waals surface area (Å²) in [7, 11) is 0. The maximum atomic E-state index is 12.5. The molecule has 1 fully saturated rings. The lowest BCUT2D eigenvalue weighted by molar-refractivity contribution is -0.129. The van der Waals surface area contributed by atoms with Crippen LogP contribution in [0.25, 0.3) is 11.3 Å². The molecule has 1 aromatic carbocycles. The Morgan fingerprint density at radius 3 is 2.70 bits per heavy atom. The van der Waals surface area contributed by atoms with Crippen molar-refractivity contribution in [1.82, 2.24) is 19.8 Å². The highest BCUT2D eigenvalue weighted by molar-refractivity contribution is 6.37. The minimum atomic E-state index is -0.870. The lowest BCUT2D eigenvalue weighted by Crippen LogP contribution is -2.61. The standard InChI is InChI=1S/C31H36ClN9O2/c1-6-22(43)40-13-17(4)41-19(14-40)12-37-28-24(30(41)35)31(38-26-16(3)9-10-36-27(26)18(5)42)39-29(25(28)32)23-15(2)7-8-21(34)20(23)11-33/h6-11,17-19,33,35,37,42H,1,12-14,34H2,2-5H3,(H,38,39). The van der Waals surface area contributed by atoms with Crippen molar-refractivity contribution in [2.75, 3.05) is 36.0 Å². The molecule has 0 aliphatic carbocycles. The lowest BCUT2D eigenvalue weighted by atomic mass is 9.96. The Bertz CT molecular complexity index is 1650. The fraction of sp³-hybridized carbons (Fsp3) is 0.323. The number of amidine groups is 1. The van der Waals surface area contributed by atoms with Gasteiger partial charge in [-0.25, -0.2) is 4.98 Å². The van der Waals surface area contributed by atoms with E-state index in [2.05, 4.69) is 22.2 Å². The number of anilines is 4. The van der Waals surface area contributed by atoms with Gasteiger partial charge in [-0.3, -0.25) is 15.2 Å². The van der Waals surface area contributed by atoms with Gasteiger partial charge in [0.05, 0.1) is 45.5 Å². The van der Waals surface area contributed by atoms with Crippen LogP contribution >= 0.6 is 11.6 Å². The molecule has 0 spiro atoms. The molecule has 12 heteroatoms. The van der Waals surface area contributed by atoms with Gasteiger partial charge in [0.15, 0.2) is 0 Å². The number of aliphatic hydroxyl groups is 1. The summed E-state index contributed by atoms with van der Waals surface area (Å²) < 4.78 is 0. The van der Waals surface area contributed by atoms with Crippen LogP contribution in [0, 0.1) is 24.7 Å². The highest BCUT2D eigenvalue weighted by atomic mass is 35.5. The number of piperazine rings is 1. The number of benzene rings is 1. The molecule has 4 heterocycles. The minimum absolute atomic E-state index is 0.154. The largest absolute Gasteiger partial charge is 0.398 e. The molecule has 5 rings (SSSR count). The Kier molecular flexibility index (Phi) is 8.13. The van der Waals surface area contributed by atoms with Gasteiger partial charge in [-0.1, -0.05) is 24.2 Å². The van der Waals surface area contributed by atoms with Gasteiger partial charge in [0.2, 0.25) is 5.91 Å². The summed E-state index contributed by atoms with van der Waals surface area (Å²) in [6, 6.07) is 5.03. The van der Waals surface area contributed by atoms with Crippen LogP contribution in [0.1, 0.15) is 47.9 Å². The number of aromatic nitrogens is 2. The summed E-state index contributed by atoms with van der Waals surface area (Å²) in [6.45, 7) is 12.3. The molecule has 2 aromatic heterocycles. The zero-order chi connectivity index (χ0) is 31.2. The molecule has 2 aliphatic heterocycles. The average molecular weight is 602 g/mol. The van der Waals surface area contributed by atoms with Crippen molar-refractivity contribution in [2.24, 2.45) is 0 Å². The number of carbonyl (C=O) groups is 1. The van der Waals surface area contributed by atoms with Crippen LogP contribution < -0.4 is 16.4 Å². The van der Waals surface area contributed by atoms with Crippen LogP contribution in [0.15, 0.2) is 37.1 Å². The van der Waals surface area contributed by atoms with E-state index in [1.807, 2.05) is 37.8 Å². The maximum Gasteiger partial charge on any atom is 0.246 e. The van der Waals surface area contributed by atoms with Gasteiger partial charge in [0, 0.05) is 54.9 Å². The Morgan fingerprint density at radius 2 is 2.02 bits per heavy atom. The van der Waals surface area contributed by atoms with E-state index in [1.165, 1.54) is 12.3 Å². The molecule has 224 valence electrons. The Morgan fingerprint density at radius 1 is 1.28 bits per heavy atom. The van der Waals surface area contributed by atoms with Crippen LogP contribution in [0.3, 0.4) is 0 Å². The summed E-state index contributed by atoms with van der Waals surface area (Å²) in [5.41, 5.74) is 11.8. The van der Waals surface area contributed by atoms with Crippen LogP contribution in [0.5, 0.6) is 0 Å². The number of aliphatic hydroxyl groups excluding tert-OH is 1. The topological polar surface area (TPSA) is 167 Å². The number of nitrogens with zero attached hydrogens (tertiary/aromatic N) is 4. The molecule has 3 aromatic rings. The molecule has 0 radical (unpaired) electrons. The van der Waals surface area contributed by atoms with E-state index in [1.54, 1.807) is 24.1 Å². The predicted octanol–water partition coefficient (Wildman–Crippen LogP) is 4.63. The number of carbonyl (C=O) groups excluding carboxylic acids is 1. The predicted molar refractivity (Wildman–Crippen MR) is 172 cm³/mol. The van der Waals surface area contributed by atoms with Gasteiger partial charge in [-0.15, -0.1) is 0 Å². The molecule has 3 unspecified atom stereocenters. The second-order valence-electron chi connectivity index (χ2n) is 11.1. The van der Waals surface area contributed by atoms with Gasteiger partial charge in [0.1, 0.15) is 11.7 Å². The second kappa shape index (κ2) is 11.7. The van der Waals surface area contributed by atoms with Crippen molar-refractivity contribution in [3.05, 3.63) is 70.0 Å². The molecule has 3 atom stereocenters. The summed E-state index contributed by atoms with van der Waals surface area (Å²) in [6.07, 6.45) is 3.27. The van der Waals surface area contributed by atoms with Crippen LogP contribution in [-0.2, 0) is 4.79 Å². The minimum Gasteiger partial charge on any atom is -0.398 e. The highest BCUT2D eigenvalue weighted by Gasteiger charge is 2.40. The highest BCUT2D eigenvalue weighted by Crippen LogP contribution is 2.44. The monoisotopic (exact) mass is 601 g/mol. The van der Waals surface area contributed by atoms with E-state index in [9.17, 15) is 15.3 Å². The number of fused-ring (bicyclic) bond motifs is 2. The number of nitrogens with two attached hydrogens (primary N) is 1. The lowest BCUT2D eigenvalue weighted by Gasteiger charge is -2.45. The van der Waals surface area contributed by atoms with E-state index < -0.39 is 6.10 Å². The van der Waals surface area contributed by atoms with E-state index in [0.717, 1.165) is 11.1 Å². The Balaban J connectivity index is 1.76. The normalized spacial score (nSPS) is 18.6. The first-order valence-corrected chi connectivity index (χ1v) is 14.4. The number of nitrogens with one attached hydrogen (secondary N) is 4. The van der Waals surface area contributed by atoms with Gasteiger partial charge in [-0.2, -0.15) is 0 Å². The fourth-order valence-electron chi connectivity index (χ4n) is 6.02. The van der Waals surface area contributed by atoms with E-state index in [-0.39, 0.29) is 28.8 Å². The molecular formula is C31H36ClN9O2. The quantitative estimate of drug-likeness (QED) is 0.135. The Labute approximate surface area is 255 Å². The molecule has 0 saturated carbocycles.